The van der Waals surface area contributed by atoms with E-state index in [4.69, 9.17) is 4.98 Å². The van der Waals surface area contributed by atoms with Crippen LogP contribution in [0.15, 0.2) is 0 Å². The van der Waals surface area contributed by atoms with Crippen molar-refractivity contribution in [2.75, 3.05) is 26.2 Å². The summed E-state index contributed by atoms with van der Waals surface area (Å²) in [5, 5.41) is 4.76. The molecule has 3 nitrogen and oxygen atoms in total. The topological polar surface area (TPSA) is 28.2 Å². The molecule has 1 unspecified atom stereocenters. The van der Waals surface area contributed by atoms with Gasteiger partial charge < -0.3 is 5.32 Å². The van der Waals surface area contributed by atoms with Crippen LogP contribution in [0.5, 0.6) is 0 Å². The fraction of sp³-hybridized carbons (Fsp3) is 0.769. The minimum absolute atomic E-state index is 0.507. The summed E-state index contributed by atoms with van der Waals surface area (Å²) in [4.78, 5) is 9.00. The smallest absolute Gasteiger partial charge is 0.110 e. The molecule has 1 aromatic rings. The van der Waals surface area contributed by atoms with Crippen molar-refractivity contribution >= 4 is 11.3 Å². The van der Waals surface area contributed by atoms with Crippen LogP contribution in [-0.4, -0.2) is 36.1 Å². The van der Waals surface area contributed by atoms with Crippen molar-refractivity contribution in [2.45, 2.75) is 38.6 Å². The molecular formula is C13H21N3S. The molecule has 0 amide bonds. The average molecular weight is 251 g/mol. The minimum atomic E-state index is 0.507. The lowest BCUT2D eigenvalue weighted by Crippen LogP contribution is -2.44. The summed E-state index contributed by atoms with van der Waals surface area (Å²) < 4.78 is 0. The van der Waals surface area contributed by atoms with Crippen LogP contribution in [0.1, 0.15) is 41.4 Å². The maximum Gasteiger partial charge on any atom is 0.110 e. The third-order valence-corrected chi connectivity index (χ3v) is 5.25. The summed E-state index contributed by atoms with van der Waals surface area (Å²) >= 11 is 1.96. The van der Waals surface area contributed by atoms with E-state index in [0.717, 1.165) is 26.2 Å². The lowest BCUT2D eigenvalue weighted by Gasteiger charge is -2.31. The van der Waals surface area contributed by atoms with E-state index in [1.54, 1.807) is 4.88 Å². The number of hydrogen-bond acceptors (Lipinski definition) is 4. The fourth-order valence-corrected chi connectivity index (χ4v) is 4.02. The van der Waals surface area contributed by atoms with Crippen molar-refractivity contribution in [1.29, 1.82) is 0 Å². The molecule has 1 atom stereocenters. The second-order valence-corrected chi connectivity index (χ2v) is 6.21. The first-order valence-electron chi connectivity index (χ1n) is 6.78. The summed E-state index contributed by atoms with van der Waals surface area (Å²) in [6.45, 7) is 6.87. The zero-order valence-corrected chi connectivity index (χ0v) is 11.4. The highest BCUT2D eigenvalue weighted by atomic mass is 32.1. The second-order valence-electron chi connectivity index (χ2n) is 5.09. The number of hydrogen-bond donors (Lipinski definition) is 1. The quantitative estimate of drug-likeness (QED) is 0.871. The third-order valence-electron chi connectivity index (χ3n) is 3.92. The Kier molecular flexibility index (Phi) is 3.45. The molecule has 17 heavy (non-hydrogen) atoms. The molecule has 1 fully saturated rings. The lowest BCUT2D eigenvalue weighted by atomic mass is 10.0. The van der Waals surface area contributed by atoms with Crippen LogP contribution in [-0.2, 0) is 12.8 Å². The maximum absolute atomic E-state index is 4.88. The van der Waals surface area contributed by atoms with Crippen LogP contribution in [0.25, 0.3) is 0 Å². The highest BCUT2D eigenvalue weighted by molar-refractivity contribution is 7.11. The first kappa shape index (κ1) is 11.6. The number of rotatable bonds is 2. The molecule has 2 aliphatic rings. The van der Waals surface area contributed by atoms with Gasteiger partial charge in [0.05, 0.1) is 11.7 Å². The van der Waals surface area contributed by atoms with E-state index in [-0.39, 0.29) is 0 Å². The SMILES string of the molecule is CC(c1nc2c(s1)CCCC2)N1CCNCC1. The van der Waals surface area contributed by atoms with Crippen LogP contribution < -0.4 is 5.32 Å². The molecule has 4 heteroatoms. The Labute approximate surface area is 107 Å². The first-order valence-corrected chi connectivity index (χ1v) is 7.59. The molecule has 0 bridgehead atoms. The van der Waals surface area contributed by atoms with Crippen LogP contribution in [0.3, 0.4) is 0 Å². The Balaban J connectivity index is 1.76. The van der Waals surface area contributed by atoms with Crippen molar-refractivity contribution in [3.05, 3.63) is 15.6 Å². The number of fused-ring (bicyclic) bond motifs is 1. The van der Waals surface area contributed by atoms with Crippen LogP contribution >= 0.6 is 11.3 Å². The largest absolute Gasteiger partial charge is 0.314 e. The molecule has 1 N–H and O–H groups in total. The molecule has 1 aliphatic heterocycles. The van der Waals surface area contributed by atoms with E-state index < -0.39 is 0 Å². The van der Waals surface area contributed by atoms with Gasteiger partial charge in [0, 0.05) is 31.1 Å². The molecule has 1 saturated heterocycles. The van der Waals surface area contributed by atoms with Crippen molar-refractivity contribution in [3.8, 4) is 0 Å². The van der Waals surface area contributed by atoms with Crippen LogP contribution in [0.2, 0.25) is 0 Å². The molecule has 0 aromatic carbocycles. The third kappa shape index (κ3) is 2.39. The molecule has 2 heterocycles. The van der Waals surface area contributed by atoms with E-state index in [1.165, 1.54) is 36.4 Å². The lowest BCUT2D eigenvalue weighted by molar-refractivity contribution is 0.185. The predicted octanol–water partition coefficient (Wildman–Crippen LogP) is 1.99. The van der Waals surface area contributed by atoms with Crippen molar-refractivity contribution in [1.82, 2.24) is 15.2 Å². The molecule has 3 rings (SSSR count). The second kappa shape index (κ2) is 5.04. The van der Waals surface area contributed by atoms with Gasteiger partial charge >= 0.3 is 0 Å². The summed E-state index contributed by atoms with van der Waals surface area (Å²) in [5.74, 6) is 0. The number of piperazine rings is 1. The highest BCUT2D eigenvalue weighted by Gasteiger charge is 2.23. The van der Waals surface area contributed by atoms with E-state index in [9.17, 15) is 0 Å². The molecule has 0 saturated carbocycles. The first-order chi connectivity index (χ1) is 8.34. The molecule has 94 valence electrons. The number of thiazole rings is 1. The van der Waals surface area contributed by atoms with Gasteiger partial charge in [-0.15, -0.1) is 11.3 Å². The monoisotopic (exact) mass is 251 g/mol. The van der Waals surface area contributed by atoms with Crippen molar-refractivity contribution in [3.63, 3.8) is 0 Å². The van der Waals surface area contributed by atoms with Gasteiger partial charge in [-0.3, -0.25) is 4.90 Å². The van der Waals surface area contributed by atoms with E-state index in [0.29, 0.717) is 6.04 Å². The fourth-order valence-electron chi connectivity index (χ4n) is 2.78. The molecular weight excluding hydrogens is 230 g/mol. The van der Waals surface area contributed by atoms with Gasteiger partial charge in [-0.1, -0.05) is 0 Å². The predicted molar refractivity (Wildman–Crippen MR) is 71.6 cm³/mol. The average Bonchev–Trinajstić information content (AvgIpc) is 2.82. The minimum Gasteiger partial charge on any atom is -0.314 e. The zero-order valence-electron chi connectivity index (χ0n) is 10.5. The number of aryl methyl sites for hydroxylation is 2. The number of nitrogens with one attached hydrogen (secondary N) is 1. The Bertz CT molecular complexity index is 359. The van der Waals surface area contributed by atoms with E-state index in [1.807, 2.05) is 11.3 Å². The van der Waals surface area contributed by atoms with Gasteiger partial charge in [0.15, 0.2) is 0 Å². The Morgan fingerprint density at radius 2 is 2.00 bits per heavy atom. The van der Waals surface area contributed by atoms with Gasteiger partial charge in [-0.05, 0) is 32.6 Å². The van der Waals surface area contributed by atoms with Crippen molar-refractivity contribution in [2.24, 2.45) is 0 Å². The van der Waals surface area contributed by atoms with Crippen molar-refractivity contribution < 1.29 is 0 Å². The van der Waals surface area contributed by atoms with Crippen LogP contribution in [0, 0.1) is 0 Å². The van der Waals surface area contributed by atoms with Gasteiger partial charge in [0.1, 0.15) is 5.01 Å². The number of aromatic nitrogens is 1. The Morgan fingerprint density at radius 1 is 1.24 bits per heavy atom. The van der Waals surface area contributed by atoms with Gasteiger partial charge in [-0.2, -0.15) is 0 Å². The standard InChI is InChI=1S/C13H21N3S/c1-10(16-8-6-14-7-9-16)13-15-11-4-2-3-5-12(11)17-13/h10,14H,2-9H2,1H3. The molecule has 1 aromatic heterocycles. The summed E-state index contributed by atoms with van der Waals surface area (Å²) in [6.07, 6.45) is 5.16. The van der Waals surface area contributed by atoms with E-state index in [2.05, 4.69) is 17.1 Å². The molecule has 0 radical (unpaired) electrons. The zero-order chi connectivity index (χ0) is 11.7. The van der Waals surface area contributed by atoms with Crippen LogP contribution in [0.4, 0.5) is 0 Å². The Morgan fingerprint density at radius 3 is 2.76 bits per heavy atom. The highest BCUT2D eigenvalue weighted by Crippen LogP contribution is 2.31. The molecule has 1 aliphatic carbocycles. The number of nitrogens with zero attached hydrogens (tertiary/aromatic N) is 2. The normalized spacial score (nSPS) is 23.4. The van der Waals surface area contributed by atoms with Gasteiger partial charge in [-0.25, -0.2) is 4.98 Å². The summed E-state index contributed by atoms with van der Waals surface area (Å²) in [5.41, 5.74) is 1.40. The van der Waals surface area contributed by atoms with Gasteiger partial charge in [0.2, 0.25) is 0 Å². The summed E-state index contributed by atoms with van der Waals surface area (Å²) in [6, 6.07) is 0.507. The van der Waals surface area contributed by atoms with E-state index >= 15 is 0 Å². The van der Waals surface area contributed by atoms with Gasteiger partial charge in [0.25, 0.3) is 0 Å². The molecule has 0 spiro atoms. The maximum atomic E-state index is 4.88. The Hall–Kier alpha value is -0.450. The summed E-state index contributed by atoms with van der Waals surface area (Å²) in [7, 11) is 0.